The van der Waals surface area contributed by atoms with E-state index in [0.29, 0.717) is 16.5 Å². The number of nitrogens with zero attached hydrogens (tertiary/aromatic N) is 1. The summed E-state index contributed by atoms with van der Waals surface area (Å²) in [6.07, 6.45) is -4.54. The number of hydrogen-bond donors (Lipinski definition) is 3. The van der Waals surface area contributed by atoms with Crippen LogP contribution in [0.3, 0.4) is 0 Å². The zero-order chi connectivity index (χ0) is 29.1. The van der Waals surface area contributed by atoms with Crippen LogP contribution in [-0.4, -0.2) is 71.3 Å². The Balaban J connectivity index is 1.59. The van der Waals surface area contributed by atoms with E-state index in [1.54, 1.807) is 48.5 Å². The lowest BCUT2D eigenvalue weighted by molar-refractivity contribution is -0.270. The van der Waals surface area contributed by atoms with Crippen LogP contribution in [0.25, 0.3) is 10.9 Å². The van der Waals surface area contributed by atoms with E-state index in [-0.39, 0.29) is 25.8 Å². The number of rotatable bonds is 10. The lowest BCUT2D eigenvalue weighted by Gasteiger charge is -2.34. The summed E-state index contributed by atoms with van der Waals surface area (Å²) >= 11 is 0. The fourth-order valence-corrected chi connectivity index (χ4v) is 5.13. The molecule has 1 saturated heterocycles. The molecule has 2 heterocycles. The summed E-state index contributed by atoms with van der Waals surface area (Å²) in [5, 5.41) is 5.65. The molecule has 7 nitrogen and oxygen atoms in total. The molecule has 0 saturated carbocycles. The minimum Gasteiger partial charge on any atom is -0.361 e. The standard InChI is InChI=1S/C28H29F5N4O3/c1-34-21(14-17-8-3-2-4-9-17)25(39)36-26(40)22-12-7-13-37(22)23(24(38)27(29,30)28(31,32)33)15-18-16-35-20-11-6-5-10-19(18)20/h2-6,8-11,16,21-23,34-35H,7,12-15H2,1H3,(H,36,39,40)/t21-,22+,23?/m1/s1. The molecule has 2 aromatic carbocycles. The number of aromatic amines is 1. The third-order valence-electron chi connectivity index (χ3n) is 7.25. The first-order chi connectivity index (χ1) is 18.9. The first kappa shape index (κ1) is 29.3. The monoisotopic (exact) mass is 564 g/mol. The van der Waals surface area contributed by atoms with Crippen LogP contribution in [-0.2, 0) is 27.2 Å². The van der Waals surface area contributed by atoms with Crippen molar-refractivity contribution in [1.29, 1.82) is 0 Å². The topological polar surface area (TPSA) is 94.3 Å². The molecule has 1 aliphatic heterocycles. The van der Waals surface area contributed by atoms with Crippen molar-refractivity contribution in [3.63, 3.8) is 0 Å². The number of benzene rings is 2. The number of alkyl halides is 5. The van der Waals surface area contributed by atoms with E-state index in [0.717, 1.165) is 10.5 Å². The summed E-state index contributed by atoms with van der Waals surface area (Å²) in [6.45, 7) is -0.0710. The molecule has 0 bridgehead atoms. The molecule has 1 aromatic heterocycles. The number of hydrogen-bond acceptors (Lipinski definition) is 5. The number of carbonyl (C=O) groups is 3. The fraction of sp³-hybridized carbons (Fsp3) is 0.393. The summed E-state index contributed by atoms with van der Waals surface area (Å²) in [7, 11) is 1.54. The molecule has 1 aliphatic rings. The summed E-state index contributed by atoms with van der Waals surface area (Å²) < 4.78 is 68.6. The fourth-order valence-electron chi connectivity index (χ4n) is 5.13. The Hall–Kier alpha value is -3.64. The van der Waals surface area contributed by atoms with Gasteiger partial charge in [-0.1, -0.05) is 48.5 Å². The van der Waals surface area contributed by atoms with Gasteiger partial charge < -0.3 is 10.3 Å². The van der Waals surface area contributed by atoms with Crippen LogP contribution in [0.5, 0.6) is 0 Å². The highest BCUT2D eigenvalue weighted by Crippen LogP contribution is 2.39. The predicted octanol–water partition coefficient (Wildman–Crippen LogP) is 3.78. The number of likely N-dealkylation sites (N-methyl/N-ethyl adjacent to an activating group) is 1. The van der Waals surface area contributed by atoms with E-state index in [1.165, 1.54) is 13.2 Å². The van der Waals surface area contributed by atoms with E-state index in [4.69, 9.17) is 0 Å². The molecule has 0 aliphatic carbocycles. The number of halogens is 5. The molecule has 214 valence electrons. The van der Waals surface area contributed by atoms with E-state index in [2.05, 4.69) is 15.6 Å². The highest BCUT2D eigenvalue weighted by atomic mass is 19.4. The molecule has 1 fully saturated rings. The Bertz CT molecular complexity index is 1360. The van der Waals surface area contributed by atoms with Gasteiger partial charge in [-0.25, -0.2) is 0 Å². The molecule has 12 heteroatoms. The van der Waals surface area contributed by atoms with Gasteiger partial charge >= 0.3 is 12.1 Å². The molecular formula is C28H29F5N4O3. The number of fused-ring (bicyclic) bond motifs is 1. The van der Waals surface area contributed by atoms with Gasteiger partial charge in [0.05, 0.1) is 18.1 Å². The van der Waals surface area contributed by atoms with Crippen LogP contribution < -0.4 is 10.6 Å². The van der Waals surface area contributed by atoms with Gasteiger partial charge in [-0.3, -0.25) is 24.6 Å². The average molecular weight is 565 g/mol. The lowest BCUT2D eigenvalue weighted by Crippen LogP contribution is -2.59. The van der Waals surface area contributed by atoms with Crippen molar-refractivity contribution >= 4 is 28.5 Å². The Morgan fingerprint density at radius 3 is 2.35 bits per heavy atom. The maximum absolute atomic E-state index is 14.4. The number of aromatic nitrogens is 1. The lowest BCUT2D eigenvalue weighted by atomic mass is 9.95. The van der Waals surface area contributed by atoms with Crippen molar-refractivity contribution in [2.45, 2.75) is 55.9 Å². The molecule has 3 N–H and O–H groups in total. The maximum atomic E-state index is 14.4. The van der Waals surface area contributed by atoms with E-state index >= 15 is 0 Å². The first-order valence-electron chi connectivity index (χ1n) is 12.8. The number of likely N-dealkylation sites (tertiary alicyclic amines) is 1. The van der Waals surface area contributed by atoms with Crippen molar-refractivity contribution in [2.75, 3.05) is 13.6 Å². The quantitative estimate of drug-likeness (QED) is 0.326. The number of ketones is 1. The number of carbonyl (C=O) groups excluding carboxylic acids is 3. The van der Waals surface area contributed by atoms with E-state index in [9.17, 15) is 36.3 Å². The molecule has 0 radical (unpaired) electrons. The number of Topliss-reactive ketones (excluding diaryl/α,β-unsaturated/α-hetero) is 1. The minimum atomic E-state index is -6.10. The second kappa shape index (κ2) is 11.8. The average Bonchev–Trinajstić information content (AvgIpc) is 3.57. The Morgan fingerprint density at radius 2 is 1.68 bits per heavy atom. The summed E-state index contributed by atoms with van der Waals surface area (Å²) in [4.78, 5) is 43.0. The van der Waals surface area contributed by atoms with Gasteiger partial charge in [0.15, 0.2) is 0 Å². The van der Waals surface area contributed by atoms with Gasteiger partial charge in [0.25, 0.3) is 0 Å². The Morgan fingerprint density at radius 1 is 1.00 bits per heavy atom. The van der Waals surface area contributed by atoms with Gasteiger partial charge in [-0.05, 0) is 56.5 Å². The van der Waals surface area contributed by atoms with E-state index < -0.39 is 54.2 Å². The SMILES string of the molecule is CN[C@H](Cc1ccccc1)C(=O)NC(=O)[C@@H]1CCCN1C(Cc1c[nH]c2ccccc12)C(=O)C(F)(F)C(F)(F)F. The number of nitrogens with one attached hydrogen (secondary N) is 3. The molecule has 4 rings (SSSR count). The van der Waals surface area contributed by atoms with Crippen LogP contribution in [0, 0.1) is 0 Å². The first-order valence-corrected chi connectivity index (χ1v) is 12.8. The third-order valence-corrected chi connectivity index (χ3v) is 7.25. The highest BCUT2D eigenvalue weighted by molar-refractivity contribution is 6.01. The molecule has 40 heavy (non-hydrogen) atoms. The van der Waals surface area contributed by atoms with Crippen molar-refractivity contribution in [1.82, 2.24) is 20.5 Å². The van der Waals surface area contributed by atoms with Gasteiger partial charge in [0.2, 0.25) is 17.6 Å². The van der Waals surface area contributed by atoms with Gasteiger partial charge in [-0.2, -0.15) is 22.0 Å². The van der Waals surface area contributed by atoms with Crippen molar-refractivity contribution in [3.05, 3.63) is 71.9 Å². The Labute approximate surface area is 227 Å². The van der Waals surface area contributed by atoms with Gasteiger partial charge in [0, 0.05) is 17.1 Å². The predicted molar refractivity (Wildman–Crippen MR) is 138 cm³/mol. The molecule has 2 amide bonds. The molecular weight excluding hydrogens is 535 g/mol. The van der Waals surface area contributed by atoms with Crippen molar-refractivity contribution in [3.8, 4) is 0 Å². The molecule has 3 aromatic rings. The van der Waals surface area contributed by atoms with Crippen molar-refractivity contribution in [2.24, 2.45) is 0 Å². The maximum Gasteiger partial charge on any atom is 0.461 e. The molecule has 0 spiro atoms. The smallest absolute Gasteiger partial charge is 0.361 e. The van der Waals surface area contributed by atoms with E-state index in [1.807, 2.05) is 6.07 Å². The molecule has 1 unspecified atom stereocenters. The summed E-state index contributed by atoms with van der Waals surface area (Å²) in [6, 6.07) is 11.7. The van der Waals surface area contributed by atoms with Gasteiger partial charge in [0.1, 0.15) is 0 Å². The summed E-state index contributed by atoms with van der Waals surface area (Å²) in [5.41, 5.74) is 1.79. The zero-order valence-corrected chi connectivity index (χ0v) is 21.6. The van der Waals surface area contributed by atoms with Crippen LogP contribution in [0.15, 0.2) is 60.8 Å². The normalized spacial score (nSPS) is 18.0. The van der Waals surface area contributed by atoms with Gasteiger partial charge in [-0.15, -0.1) is 0 Å². The van der Waals surface area contributed by atoms with Crippen molar-refractivity contribution < 1.29 is 36.3 Å². The number of amides is 2. The van der Waals surface area contributed by atoms with Crippen LogP contribution in [0.1, 0.15) is 24.0 Å². The third kappa shape index (κ3) is 6.07. The summed E-state index contributed by atoms with van der Waals surface area (Å²) in [5.74, 6) is -9.50. The van der Waals surface area contributed by atoms with Crippen LogP contribution in [0.4, 0.5) is 22.0 Å². The number of imide groups is 1. The second-order valence-electron chi connectivity index (χ2n) is 9.80. The van der Waals surface area contributed by atoms with Crippen LogP contribution >= 0.6 is 0 Å². The number of para-hydroxylation sites is 1. The largest absolute Gasteiger partial charge is 0.461 e. The second-order valence-corrected chi connectivity index (χ2v) is 9.80. The Kier molecular flexibility index (Phi) is 8.69. The van der Waals surface area contributed by atoms with Crippen LogP contribution in [0.2, 0.25) is 0 Å². The highest BCUT2D eigenvalue weighted by Gasteiger charge is 2.65. The number of H-pyrrole nitrogens is 1. The molecule has 3 atom stereocenters. The zero-order valence-electron chi connectivity index (χ0n) is 21.6. The minimum absolute atomic E-state index is 0.0710.